The van der Waals surface area contributed by atoms with E-state index in [-0.39, 0.29) is 6.10 Å². The molecule has 0 radical (unpaired) electrons. The molecule has 0 atom stereocenters. The molecule has 0 fully saturated rings. The van der Waals surface area contributed by atoms with Crippen LogP contribution in [0.25, 0.3) is 0 Å². The van der Waals surface area contributed by atoms with Gasteiger partial charge in [-0.25, -0.2) is 0 Å². The van der Waals surface area contributed by atoms with E-state index < -0.39 is 6.29 Å². The van der Waals surface area contributed by atoms with Crippen molar-refractivity contribution in [2.24, 2.45) is 0 Å². The first kappa shape index (κ1) is 11.5. The van der Waals surface area contributed by atoms with Crippen molar-refractivity contribution in [1.29, 1.82) is 0 Å². The lowest BCUT2D eigenvalue weighted by Gasteiger charge is -2.12. The van der Waals surface area contributed by atoms with Gasteiger partial charge in [-0.15, -0.1) is 0 Å². The Morgan fingerprint density at radius 1 is 1.29 bits per heavy atom. The molecule has 0 aromatic heterocycles. The van der Waals surface area contributed by atoms with Crippen LogP contribution >= 0.6 is 15.9 Å². The van der Waals surface area contributed by atoms with Gasteiger partial charge in [-0.05, 0) is 41.9 Å². The van der Waals surface area contributed by atoms with Gasteiger partial charge in [-0.2, -0.15) is 0 Å². The molecule has 0 spiro atoms. The third-order valence-electron chi connectivity index (χ3n) is 1.62. The van der Waals surface area contributed by atoms with Crippen molar-refractivity contribution in [3.05, 3.63) is 28.2 Å². The summed E-state index contributed by atoms with van der Waals surface area (Å²) in [5.41, 5.74) is 0.438. The minimum absolute atomic E-state index is 0.0937. The Bertz CT molecular complexity index is 310. The molecule has 0 aliphatic heterocycles. The molecule has 1 rings (SSSR count). The number of hydrogen-bond acceptors (Lipinski definition) is 3. The minimum Gasteiger partial charge on any atom is -0.490 e. The predicted octanol–water partition coefficient (Wildman–Crippen LogP) is 2.22. The Balaban J connectivity index is 2.90. The molecule has 0 bridgehead atoms. The van der Waals surface area contributed by atoms with Gasteiger partial charge in [0.05, 0.1) is 10.6 Å². The first-order valence-corrected chi connectivity index (χ1v) is 5.12. The molecule has 3 nitrogen and oxygen atoms in total. The topological polar surface area (TPSA) is 49.7 Å². The largest absolute Gasteiger partial charge is 0.490 e. The molecule has 0 saturated heterocycles. The summed E-state index contributed by atoms with van der Waals surface area (Å²) in [5.74, 6) is 0.699. The summed E-state index contributed by atoms with van der Waals surface area (Å²) in [5, 5.41) is 17.8. The van der Waals surface area contributed by atoms with Gasteiger partial charge in [-0.3, -0.25) is 0 Å². The van der Waals surface area contributed by atoms with Gasteiger partial charge in [-0.1, -0.05) is 6.07 Å². The number of rotatable bonds is 3. The zero-order valence-corrected chi connectivity index (χ0v) is 9.65. The average Bonchev–Trinajstić information content (AvgIpc) is 2.07. The minimum atomic E-state index is -1.44. The normalized spacial score (nSPS) is 11.1. The lowest BCUT2D eigenvalue weighted by Crippen LogP contribution is -2.06. The first-order chi connectivity index (χ1) is 6.50. The SMILES string of the molecule is CC(C)Oc1ccc(C(O)O)cc1Br. The van der Waals surface area contributed by atoms with Crippen molar-refractivity contribution in [3.8, 4) is 5.75 Å². The maximum absolute atomic E-state index is 8.91. The molecule has 1 aromatic rings. The number of ether oxygens (including phenoxy) is 1. The third-order valence-corrected chi connectivity index (χ3v) is 2.24. The molecule has 0 unspecified atom stereocenters. The zero-order valence-electron chi connectivity index (χ0n) is 8.07. The van der Waals surface area contributed by atoms with E-state index in [2.05, 4.69) is 15.9 Å². The molecule has 0 saturated carbocycles. The highest BCUT2D eigenvalue weighted by molar-refractivity contribution is 9.10. The summed E-state index contributed by atoms with van der Waals surface area (Å²) < 4.78 is 6.19. The van der Waals surface area contributed by atoms with E-state index in [0.29, 0.717) is 11.3 Å². The quantitative estimate of drug-likeness (QED) is 0.820. The lowest BCUT2D eigenvalue weighted by atomic mass is 10.2. The summed E-state index contributed by atoms with van der Waals surface area (Å²) in [7, 11) is 0. The molecule has 4 heteroatoms. The smallest absolute Gasteiger partial charge is 0.178 e. The standard InChI is InChI=1S/C10H13BrO3/c1-6(2)14-9-4-3-7(10(12)13)5-8(9)11/h3-6,10,12-13H,1-2H3. The summed E-state index contributed by atoms with van der Waals surface area (Å²) in [4.78, 5) is 0. The summed E-state index contributed by atoms with van der Waals surface area (Å²) >= 11 is 3.30. The van der Waals surface area contributed by atoms with Gasteiger partial charge in [0.1, 0.15) is 5.75 Å². The zero-order chi connectivity index (χ0) is 10.7. The number of aliphatic hydroxyl groups is 2. The second-order valence-electron chi connectivity index (χ2n) is 3.23. The number of halogens is 1. The second-order valence-corrected chi connectivity index (χ2v) is 4.08. The van der Waals surface area contributed by atoms with Crippen molar-refractivity contribution >= 4 is 15.9 Å². The number of benzene rings is 1. The fourth-order valence-corrected chi connectivity index (χ4v) is 1.52. The van der Waals surface area contributed by atoms with Gasteiger partial charge in [0.2, 0.25) is 0 Å². The number of aliphatic hydroxyl groups excluding tert-OH is 1. The highest BCUT2D eigenvalue weighted by Gasteiger charge is 2.07. The van der Waals surface area contributed by atoms with Gasteiger partial charge >= 0.3 is 0 Å². The van der Waals surface area contributed by atoms with E-state index in [0.717, 1.165) is 4.47 Å². The van der Waals surface area contributed by atoms with Crippen LogP contribution in [0.15, 0.2) is 22.7 Å². The molecule has 1 aromatic carbocycles. The molecule has 0 aliphatic rings. The van der Waals surface area contributed by atoms with E-state index in [1.807, 2.05) is 13.8 Å². The maximum atomic E-state index is 8.91. The van der Waals surface area contributed by atoms with Crippen LogP contribution in [-0.2, 0) is 0 Å². The van der Waals surface area contributed by atoms with Crippen LogP contribution in [0.2, 0.25) is 0 Å². The first-order valence-electron chi connectivity index (χ1n) is 4.33. The van der Waals surface area contributed by atoms with Gasteiger partial charge in [0.15, 0.2) is 6.29 Å². The summed E-state index contributed by atoms with van der Waals surface area (Å²) in [6.07, 6.45) is -1.35. The van der Waals surface area contributed by atoms with Crippen LogP contribution in [0.1, 0.15) is 25.7 Å². The molecular weight excluding hydrogens is 248 g/mol. The van der Waals surface area contributed by atoms with Crippen LogP contribution in [0.4, 0.5) is 0 Å². The van der Waals surface area contributed by atoms with Gasteiger partial charge in [0, 0.05) is 5.56 Å². The van der Waals surface area contributed by atoms with Gasteiger partial charge in [0.25, 0.3) is 0 Å². The van der Waals surface area contributed by atoms with E-state index in [9.17, 15) is 0 Å². The highest BCUT2D eigenvalue weighted by Crippen LogP contribution is 2.28. The Hall–Kier alpha value is -0.580. The fraction of sp³-hybridized carbons (Fsp3) is 0.400. The van der Waals surface area contributed by atoms with Crippen molar-refractivity contribution in [2.45, 2.75) is 26.2 Å². The molecule has 78 valence electrons. The fourth-order valence-electron chi connectivity index (χ4n) is 1.03. The van der Waals surface area contributed by atoms with Crippen LogP contribution in [0.5, 0.6) is 5.75 Å². The van der Waals surface area contributed by atoms with Crippen LogP contribution < -0.4 is 4.74 Å². The molecular formula is C10H13BrO3. The molecule has 0 heterocycles. The third kappa shape index (κ3) is 2.97. The predicted molar refractivity (Wildman–Crippen MR) is 57.1 cm³/mol. The van der Waals surface area contributed by atoms with Crippen molar-refractivity contribution in [1.82, 2.24) is 0 Å². The van der Waals surface area contributed by atoms with E-state index >= 15 is 0 Å². The monoisotopic (exact) mass is 260 g/mol. The van der Waals surface area contributed by atoms with Crippen LogP contribution in [0, 0.1) is 0 Å². The summed E-state index contributed by atoms with van der Waals surface area (Å²) in [6, 6.07) is 4.95. The van der Waals surface area contributed by atoms with E-state index in [1.54, 1.807) is 18.2 Å². The maximum Gasteiger partial charge on any atom is 0.178 e. The van der Waals surface area contributed by atoms with Crippen molar-refractivity contribution in [2.75, 3.05) is 0 Å². The molecule has 0 aliphatic carbocycles. The molecule has 14 heavy (non-hydrogen) atoms. The number of hydrogen-bond donors (Lipinski definition) is 2. The highest BCUT2D eigenvalue weighted by atomic mass is 79.9. The van der Waals surface area contributed by atoms with Gasteiger partial charge < -0.3 is 14.9 Å². The molecule has 2 N–H and O–H groups in total. The van der Waals surface area contributed by atoms with Crippen LogP contribution in [-0.4, -0.2) is 16.3 Å². The molecule has 0 amide bonds. The average molecular weight is 261 g/mol. The van der Waals surface area contributed by atoms with Crippen molar-refractivity contribution < 1.29 is 14.9 Å². The van der Waals surface area contributed by atoms with Crippen molar-refractivity contribution in [3.63, 3.8) is 0 Å². The Morgan fingerprint density at radius 3 is 2.36 bits per heavy atom. The Morgan fingerprint density at radius 2 is 1.93 bits per heavy atom. The van der Waals surface area contributed by atoms with E-state index in [4.69, 9.17) is 14.9 Å². The Labute approximate surface area is 91.5 Å². The second kappa shape index (κ2) is 4.77. The lowest BCUT2D eigenvalue weighted by molar-refractivity contribution is -0.0425. The van der Waals surface area contributed by atoms with Crippen LogP contribution in [0.3, 0.4) is 0 Å². The summed E-state index contributed by atoms with van der Waals surface area (Å²) in [6.45, 7) is 3.86. The Kier molecular flexibility index (Phi) is 3.92. The van der Waals surface area contributed by atoms with E-state index in [1.165, 1.54) is 0 Å².